The van der Waals surface area contributed by atoms with Crippen LogP contribution in [0.25, 0.3) is 0 Å². The van der Waals surface area contributed by atoms with Gasteiger partial charge in [-0.2, -0.15) is 11.3 Å². The van der Waals surface area contributed by atoms with Crippen molar-refractivity contribution in [3.05, 3.63) is 57.8 Å². The third-order valence-corrected chi connectivity index (χ3v) is 3.67. The Hall–Kier alpha value is -1.72. The molecule has 98 valence electrons. The predicted octanol–water partition coefficient (Wildman–Crippen LogP) is 2.65. The summed E-state index contributed by atoms with van der Waals surface area (Å²) in [5, 5.41) is 3.75. The summed E-state index contributed by atoms with van der Waals surface area (Å²) < 4.78 is 0. The Morgan fingerprint density at radius 2 is 2.16 bits per heavy atom. The summed E-state index contributed by atoms with van der Waals surface area (Å²) >= 11 is 6.47. The summed E-state index contributed by atoms with van der Waals surface area (Å²) in [5.74, 6) is 0.0157. The average Bonchev–Trinajstić information content (AvgIpc) is 2.92. The topological polar surface area (TPSA) is 46.3 Å². The Labute approximate surface area is 121 Å². The van der Waals surface area contributed by atoms with Gasteiger partial charge in [-0.3, -0.25) is 4.79 Å². The molecule has 0 atom stereocenters. The zero-order valence-corrected chi connectivity index (χ0v) is 12.1. The second-order valence-corrected chi connectivity index (χ2v) is 5.46. The normalized spacial score (nSPS) is 10.2. The highest BCUT2D eigenvalue weighted by Crippen LogP contribution is 2.12. The van der Waals surface area contributed by atoms with Crippen molar-refractivity contribution >= 4 is 34.5 Å². The molecular formula is C14H14N2OS2. The summed E-state index contributed by atoms with van der Waals surface area (Å²) in [6.07, 6.45) is 0. The van der Waals surface area contributed by atoms with Crippen LogP contribution < -0.4 is 5.73 Å². The van der Waals surface area contributed by atoms with Gasteiger partial charge >= 0.3 is 0 Å². The van der Waals surface area contributed by atoms with E-state index in [1.807, 2.05) is 41.1 Å². The fourth-order valence-corrected chi connectivity index (χ4v) is 2.53. The SMILES string of the molecule is CN(Cc1cccc(C(N)=S)c1)C(=O)c1ccsc1. The standard InChI is InChI=1S/C14H14N2OS2/c1-16(14(17)12-5-6-19-9-12)8-10-3-2-4-11(7-10)13(15)18/h2-7,9H,8H2,1H3,(H2,15,18). The predicted molar refractivity (Wildman–Crippen MR) is 82.4 cm³/mol. The zero-order valence-electron chi connectivity index (χ0n) is 10.5. The van der Waals surface area contributed by atoms with Gasteiger partial charge in [0.25, 0.3) is 5.91 Å². The fourth-order valence-electron chi connectivity index (χ4n) is 1.78. The monoisotopic (exact) mass is 290 g/mol. The van der Waals surface area contributed by atoms with Crippen molar-refractivity contribution in [2.45, 2.75) is 6.54 Å². The summed E-state index contributed by atoms with van der Waals surface area (Å²) in [7, 11) is 1.79. The molecule has 1 aromatic heterocycles. The lowest BCUT2D eigenvalue weighted by atomic mass is 10.1. The first-order valence-electron chi connectivity index (χ1n) is 5.74. The van der Waals surface area contributed by atoms with E-state index >= 15 is 0 Å². The molecule has 0 aliphatic rings. The third-order valence-electron chi connectivity index (χ3n) is 2.75. The van der Waals surface area contributed by atoms with Crippen molar-refractivity contribution in [2.75, 3.05) is 7.05 Å². The van der Waals surface area contributed by atoms with Crippen LogP contribution in [-0.2, 0) is 6.54 Å². The van der Waals surface area contributed by atoms with Crippen LogP contribution in [0.15, 0.2) is 41.1 Å². The van der Waals surface area contributed by atoms with Crippen LogP contribution in [0.1, 0.15) is 21.5 Å². The number of benzene rings is 1. The summed E-state index contributed by atoms with van der Waals surface area (Å²) in [6.45, 7) is 0.533. The third kappa shape index (κ3) is 3.39. The Morgan fingerprint density at radius 1 is 1.37 bits per heavy atom. The molecule has 0 unspecified atom stereocenters. The number of carbonyl (C=O) groups is 1. The maximum Gasteiger partial charge on any atom is 0.254 e. The van der Waals surface area contributed by atoms with Crippen molar-refractivity contribution in [1.29, 1.82) is 0 Å². The molecule has 1 heterocycles. The fraction of sp³-hybridized carbons (Fsp3) is 0.143. The molecule has 2 rings (SSSR count). The number of thiocarbonyl (C=S) groups is 1. The van der Waals surface area contributed by atoms with Gasteiger partial charge in [0.15, 0.2) is 0 Å². The Balaban J connectivity index is 2.10. The van der Waals surface area contributed by atoms with E-state index in [-0.39, 0.29) is 5.91 Å². The van der Waals surface area contributed by atoms with E-state index in [9.17, 15) is 4.79 Å². The molecule has 0 aliphatic heterocycles. The number of amides is 1. The molecule has 0 saturated carbocycles. The molecule has 5 heteroatoms. The first kappa shape index (κ1) is 13.7. The molecule has 0 spiro atoms. The van der Waals surface area contributed by atoms with E-state index < -0.39 is 0 Å². The Bertz CT molecular complexity index is 593. The van der Waals surface area contributed by atoms with Crippen LogP contribution in [0.2, 0.25) is 0 Å². The second-order valence-electron chi connectivity index (χ2n) is 4.24. The zero-order chi connectivity index (χ0) is 13.8. The number of thiophene rings is 1. The Morgan fingerprint density at radius 3 is 2.79 bits per heavy atom. The van der Waals surface area contributed by atoms with Gasteiger partial charge in [0, 0.05) is 24.5 Å². The highest BCUT2D eigenvalue weighted by atomic mass is 32.1. The second kappa shape index (κ2) is 5.95. The molecule has 1 aromatic carbocycles. The molecule has 0 bridgehead atoms. The molecular weight excluding hydrogens is 276 g/mol. The van der Waals surface area contributed by atoms with Crippen LogP contribution in [0, 0.1) is 0 Å². The van der Waals surface area contributed by atoms with Gasteiger partial charge in [0.1, 0.15) is 4.99 Å². The molecule has 3 nitrogen and oxygen atoms in total. The molecule has 0 radical (unpaired) electrons. The molecule has 0 saturated heterocycles. The van der Waals surface area contributed by atoms with Crippen molar-refractivity contribution in [3.63, 3.8) is 0 Å². The van der Waals surface area contributed by atoms with Crippen LogP contribution in [0.4, 0.5) is 0 Å². The highest BCUT2D eigenvalue weighted by Gasteiger charge is 2.12. The summed E-state index contributed by atoms with van der Waals surface area (Å²) in [6, 6.07) is 9.47. The first-order chi connectivity index (χ1) is 9.08. The van der Waals surface area contributed by atoms with E-state index in [1.54, 1.807) is 11.9 Å². The maximum absolute atomic E-state index is 12.1. The van der Waals surface area contributed by atoms with E-state index in [1.165, 1.54) is 11.3 Å². The largest absolute Gasteiger partial charge is 0.389 e. The lowest BCUT2D eigenvalue weighted by Gasteiger charge is -2.17. The average molecular weight is 290 g/mol. The van der Waals surface area contributed by atoms with Crippen LogP contribution in [0.3, 0.4) is 0 Å². The first-order valence-corrected chi connectivity index (χ1v) is 7.09. The number of rotatable bonds is 4. The minimum Gasteiger partial charge on any atom is -0.389 e. The van der Waals surface area contributed by atoms with E-state index in [2.05, 4.69) is 0 Å². The van der Waals surface area contributed by atoms with E-state index in [0.717, 1.165) is 16.7 Å². The number of nitrogens with zero attached hydrogens (tertiary/aromatic N) is 1. The van der Waals surface area contributed by atoms with Gasteiger partial charge in [-0.15, -0.1) is 0 Å². The molecule has 19 heavy (non-hydrogen) atoms. The van der Waals surface area contributed by atoms with Crippen LogP contribution in [-0.4, -0.2) is 22.8 Å². The van der Waals surface area contributed by atoms with Crippen molar-refractivity contribution in [2.24, 2.45) is 5.73 Å². The maximum atomic E-state index is 12.1. The number of hydrogen-bond acceptors (Lipinski definition) is 3. The summed E-state index contributed by atoms with van der Waals surface area (Å²) in [5.41, 5.74) is 8.16. The van der Waals surface area contributed by atoms with Crippen molar-refractivity contribution < 1.29 is 4.79 Å². The van der Waals surface area contributed by atoms with Crippen LogP contribution >= 0.6 is 23.6 Å². The van der Waals surface area contributed by atoms with E-state index in [4.69, 9.17) is 18.0 Å². The molecule has 2 aromatic rings. The molecule has 2 N–H and O–H groups in total. The number of carbonyl (C=O) groups excluding carboxylic acids is 1. The number of nitrogens with two attached hydrogens (primary N) is 1. The molecule has 0 fully saturated rings. The van der Waals surface area contributed by atoms with Crippen LogP contribution in [0.5, 0.6) is 0 Å². The number of hydrogen-bond donors (Lipinski definition) is 1. The van der Waals surface area contributed by atoms with Gasteiger partial charge in [0.05, 0.1) is 5.56 Å². The van der Waals surface area contributed by atoms with Crippen molar-refractivity contribution in [3.8, 4) is 0 Å². The highest BCUT2D eigenvalue weighted by molar-refractivity contribution is 7.80. The van der Waals surface area contributed by atoms with Crippen molar-refractivity contribution in [1.82, 2.24) is 4.90 Å². The molecule has 0 aliphatic carbocycles. The summed E-state index contributed by atoms with van der Waals surface area (Å²) in [4.78, 5) is 14.2. The van der Waals surface area contributed by atoms with E-state index in [0.29, 0.717) is 11.5 Å². The minimum absolute atomic E-state index is 0.0157. The van der Waals surface area contributed by atoms with Gasteiger partial charge in [-0.25, -0.2) is 0 Å². The quantitative estimate of drug-likeness (QED) is 0.881. The Kier molecular flexibility index (Phi) is 4.29. The van der Waals surface area contributed by atoms with Gasteiger partial charge in [-0.1, -0.05) is 30.4 Å². The minimum atomic E-state index is 0.0157. The lowest BCUT2D eigenvalue weighted by molar-refractivity contribution is 0.0785. The van der Waals surface area contributed by atoms with Gasteiger partial charge in [0.2, 0.25) is 0 Å². The smallest absolute Gasteiger partial charge is 0.254 e. The molecule has 1 amide bonds. The van der Waals surface area contributed by atoms with Gasteiger partial charge in [-0.05, 0) is 23.1 Å². The lowest BCUT2D eigenvalue weighted by Crippen LogP contribution is -2.25. The van der Waals surface area contributed by atoms with Gasteiger partial charge < -0.3 is 10.6 Å².